The van der Waals surface area contributed by atoms with Crippen molar-refractivity contribution in [1.82, 2.24) is 0 Å². The van der Waals surface area contributed by atoms with Crippen molar-refractivity contribution < 1.29 is 4.74 Å². The van der Waals surface area contributed by atoms with Crippen LogP contribution in [0.4, 0.5) is 5.69 Å². The zero-order chi connectivity index (χ0) is 11.7. The molecule has 0 fully saturated rings. The van der Waals surface area contributed by atoms with Crippen LogP contribution in [0.3, 0.4) is 0 Å². The first kappa shape index (κ1) is 10.2. The normalized spacial score (nSPS) is 17.1. The van der Waals surface area contributed by atoms with Gasteiger partial charge in [-0.2, -0.15) is 0 Å². The number of para-hydroxylation sites is 3. The molecule has 2 nitrogen and oxygen atoms in total. The molecule has 86 valence electrons. The van der Waals surface area contributed by atoms with Gasteiger partial charge in [0, 0.05) is 5.56 Å². The third-order valence-corrected chi connectivity index (χ3v) is 3.14. The van der Waals surface area contributed by atoms with Gasteiger partial charge in [-0.1, -0.05) is 37.3 Å². The van der Waals surface area contributed by atoms with Gasteiger partial charge >= 0.3 is 0 Å². The van der Waals surface area contributed by atoms with Crippen molar-refractivity contribution in [1.29, 1.82) is 0 Å². The molecular weight excluding hydrogens is 210 g/mol. The van der Waals surface area contributed by atoms with Gasteiger partial charge in [0.25, 0.3) is 0 Å². The maximum Gasteiger partial charge on any atom is 0.150 e. The van der Waals surface area contributed by atoms with E-state index in [9.17, 15) is 0 Å². The number of benzene rings is 2. The molecule has 0 aliphatic carbocycles. The number of hydrogen-bond acceptors (Lipinski definition) is 2. The largest absolute Gasteiger partial charge is 0.455 e. The minimum absolute atomic E-state index is 0.315. The number of rotatable bonds is 1. The highest BCUT2D eigenvalue weighted by atomic mass is 16.5. The third-order valence-electron chi connectivity index (χ3n) is 3.14. The Balaban J connectivity index is 2.13. The summed E-state index contributed by atoms with van der Waals surface area (Å²) in [4.78, 5) is 0. The maximum atomic E-state index is 5.97. The highest BCUT2D eigenvalue weighted by molar-refractivity contribution is 5.61. The van der Waals surface area contributed by atoms with Gasteiger partial charge < -0.3 is 10.1 Å². The van der Waals surface area contributed by atoms with E-state index < -0.39 is 0 Å². The van der Waals surface area contributed by atoms with Gasteiger partial charge in [-0.25, -0.2) is 0 Å². The lowest BCUT2D eigenvalue weighted by molar-refractivity contribution is 0.481. The molecule has 0 radical (unpaired) electrons. The summed E-state index contributed by atoms with van der Waals surface area (Å²) in [6.07, 6.45) is 1.04. The van der Waals surface area contributed by atoms with Crippen molar-refractivity contribution >= 4 is 5.69 Å². The molecule has 2 heteroatoms. The average molecular weight is 225 g/mol. The van der Waals surface area contributed by atoms with Crippen molar-refractivity contribution in [2.75, 3.05) is 5.32 Å². The minimum atomic E-state index is 0.315. The van der Waals surface area contributed by atoms with Crippen molar-refractivity contribution in [3.63, 3.8) is 0 Å². The molecule has 2 aromatic carbocycles. The summed E-state index contributed by atoms with van der Waals surface area (Å²) >= 11 is 0. The summed E-state index contributed by atoms with van der Waals surface area (Å²) in [7, 11) is 0. The summed E-state index contributed by atoms with van der Waals surface area (Å²) < 4.78 is 5.97. The lowest BCUT2D eigenvalue weighted by Crippen LogP contribution is -2.07. The summed E-state index contributed by atoms with van der Waals surface area (Å²) in [5.74, 6) is 1.85. The van der Waals surface area contributed by atoms with Crippen LogP contribution >= 0.6 is 0 Å². The summed E-state index contributed by atoms with van der Waals surface area (Å²) in [5.41, 5.74) is 2.29. The summed E-state index contributed by atoms with van der Waals surface area (Å²) in [5, 5.41) is 3.54. The topological polar surface area (TPSA) is 21.3 Å². The van der Waals surface area contributed by atoms with Gasteiger partial charge in [-0.15, -0.1) is 0 Å². The Kier molecular flexibility index (Phi) is 2.48. The number of hydrogen-bond donors (Lipinski definition) is 1. The molecule has 1 heterocycles. The number of ether oxygens (including phenoxy) is 1. The molecule has 0 aromatic heterocycles. The molecule has 1 aliphatic rings. The molecular formula is C15H15NO. The van der Waals surface area contributed by atoms with Gasteiger partial charge in [0.2, 0.25) is 0 Å². The molecule has 0 bridgehead atoms. The van der Waals surface area contributed by atoms with Crippen molar-refractivity contribution in [3.8, 4) is 11.5 Å². The van der Waals surface area contributed by atoms with E-state index in [2.05, 4.69) is 30.4 Å². The first-order chi connectivity index (χ1) is 8.38. The monoisotopic (exact) mass is 225 g/mol. The highest BCUT2D eigenvalue weighted by Gasteiger charge is 2.20. The van der Waals surface area contributed by atoms with Gasteiger partial charge in [0.05, 0.1) is 11.7 Å². The Morgan fingerprint density at radius 2 is 1.71 bits per heavy atom. The van der Waals surface area contributed by atoms with Crippen LogP contribution in [0.25, 0.3) is 0 Å². The molecule has 0 unspecified atom stereocenters. The van der Waals surface area contributed by atoms with E-state index in [1.807, 2.05) is 30.3 Å². The molecule has 0 saturated heterocycles. The standard InChI is InChI=1S/C15H15NO/c1-2-12-11-7-3-5-9-14(11)17-15-10-6-4-8-13(15)16-12/h3-10,12,16H,2H2,1H3/t12-/m1/s1. The maximum absolute atomic E-state index is 5.97. The second kappa shape index (κ2) is 4.13. The second-order valence-corrected chi connectivity index (χ2v) is 4.24. The van der Waals surface area contributed by atoms with E-state index in [1.165, 1.54) is 5.56 Å². The molecule has 0 spiro atoms. The quantitative estimate of drug-likeness (QED) is 0.778. The Hall–Kier alpha value is -1.96. The zero-order valence-electron chi connectivity index (χ0n) is 9.81. The van der Waals surface area contributed by atoms with E-state index in [4.69, 9.17) is 4.74 Å². The van der Waals surface area contributed by atoms with E-state index in [1.54, 1.807) is 0 Å². The summed E-state index contributed by atoms with van der Waals surface area (Å²) in [6.45, 7) is 2.18. The fourth-order valence-corrected chi connectivity index (χ4v) is 2.24. The molecule has 2 aromatic rings. The smallest absolute Gasteiger partial charge is 0.150 e. The van der Waals surface area contributed by atoms with Crippen LogP contribution in [0, 0.1) is 0 Å². The third kappa shape index (κ3) is 1.76. The molecule has 0 amide bonds. The van der Waals surface area contributed by atoms with E-state index in [0.29, 0.717) is 6.04 Å². The minimum Gasteiger partial charge on any atom is -0.455 e. The number of nitrogens with one attached hydrogen (secondary N) is 1. The summed E-state index contributed by atoms with van der Waals surface area (Å²) in [6, 6.07) is 16.6. The Morgan fingerprint density at radius 1 is 1.00 bits per heavy atom. The highest BCUT2D eigenvalue weighted by Crippen LogP contribution is 2.40. The van der Waals surface area contributed by atoms with Crippen LogP contribution in [0.2, 0.25) is 0 Å². The predicted molar refractivity (Wildman–Crippen MR) is 69.6 cm³/mol. The molecule has 3 rings (SSSR count). The first-order valence-corrected chi connectivity index (χ1v) is 6.01. The van der Waals surface area contributed by atoms with E-state index >= 15 is 0 Å². The van der Waals surface area contributed by atoms with Gasteiger partial charge in [-0.3, -0.25) is 0 Å². The van der Waals surface area contributed by atoms with Gasteiger partial charge in [0.1, 0.15) is 5.75 Å². The first-order valence-electron chi connectivity index (χ1n) is 6.01. The lowest BCUT2D eigenvalue weighted by Gasteiger charge is -2.16. The van der Waals surface area contributed by atoms with Crippen LogP contribution in [0.15, 0.2) is 48.5 Å². The van der Waals surface area contributed by atoms with Gasteiger partial charge in [-0.05, 0) is 24.6 Å². The van der Waals surface area contributed by atoms with Crippen LogP contribution in [0.1, 0.15) is 24.9 Å². The molecule has 17 heavy (non-hydrogen) atoms. The van der Waals surface area contributed by atoms with E-state index in [-0.39, 0.29) is 0 Å². The molecule has 1 N–H and O–H groups in total. The molecule has 1 atom stereocenters. The van der Waals surface area contributed by atoms with Crippen LogP contribution in [-0.4, -0.2) is 0 Å². The van der Waals surface area contributed by atoms with Crippen molar-refractivity contribution in [2.45, 2.75) is 19.4 Å². The fraction of sp³-hybridized carbons (Fsp3) is 0.200. The lowest BCUT2D eigenvalue weighted by atomic mass is 10.0. The van der Waals surface area contributed by atoms with Gasteiger partial charge in [0.15, 0.2) is 5.75 Å². The van der Waals surface area contributed by atoms with Crippen molar-refractivity contribution in [2.24, 2.45) is 0 Å². The second-order valence-electron chi connectivity index (χ2n) is 4.24. The SMILES string of the molecule is CC[C@H]1Nc2ccccc2Oc2ccccc21. The Bertz CT molecular complexity index is 536. The van der Waals surface area contributed by atoms with Crippen molar-refractivity contribution in [3.05, 3.63) is 54.1 Å². The predicted octanol–water partition coefficient (Wildman–Crippen LogP) is 4.36. The average Bonchev–Trinajstić information content (AvgIpc) is 2.54. The van der Waals surface area contributed by atoms with Crippen LogP contribution in [-0.2, 0) is 0 Å². The Morgan fingerprint density at radius 3 is 2.53 bits per heavy atom. The molecule has 0 saturated carbocycles. The van der Waals surface area contributed by atoms with Crippen LogP contribution in [0.5, 0.6) is 11.5 Å². The zero-order valence-corrected chi connectivity index (χ0v) is 9.81. The molecule has 1 aliphatic heterocycles. The number of anilines is 1. The number of fused-ring (bicyclic) bond motifs is 2. The Labute approximate surface area is 101 Å². The van der Waals surface area contributed by atoms with E-state index in [0.717, 1.165) is 23.6 Å². The fourth-order valence-electron chi connectivity index (χ4n) is 2.24. The van der Waals surface area contributed by atoms with Crippen LogP contribution < -0.4 is 10.1 Å².